The molecule has 1 atom stereocenters. The summed E-state index contributed by atoms with van der Waals surface area (Å²) < 4.78 is 4.66. The molecule has 0 amide bonds. The normalized spacial score (nSPS) is 11.2. The van der Waals surface area contributed by atoms with Crippen molar-refractivity contribution >= 4 is 11.8 Å². The lowest BCUT2D eigenvalue weighted by Gasteiger charge is -2.06. The number of nitrogens with zero attached hydrogens (tertiary/aromatic N) is 1. The maximum atomic E-state index is 11.8. The first-order valence-corrected chi connectivity index (χ1v) is 4.86. The lowest BCUT2D eigenvalue weighted by atomic mass is 9.99. The molecule has 4 heteroatoms. The standard InChI is InChI=1S/C12H11NO3/c1-2-16-12(15)10(8-13)11(14)9-6-4-3-5-7-9/h3-7,10H,2H2,1H3. The summed E-state index contributed by atoms with van der Waals surface area (Å²) in [6.45, 7) is 1.78. The average Bonchev–Trinajstić information content (AvgIpc) is 2.31. The van der Waals surface area contributed by atoms with E-state index < -0.39 is 17.7 Å². The van der Waals surface area contributed by atoms with Crippen LogP contribution in [0.15, 0.2) is 30.3 Å². The van der Waals surface area contributed by atoms with Gasteiger partial charge in [-0.15, -0.1) is 0 Å². The first kappa shape index (κ1) is 11.9. The number of ether oxygens (including phenoxy) is 1. The summed E-state index contributed by atoms with van der Waals surface area (Å²) in [6, 6.07) is 9.88. The van der Waals surface area contributed by atoms with Crippen LogP contribution in [0.3, 0.4) is 0 Å². The first-order chi connectivity index (χ1) is 7.70. The van der Waals surface area contributed by atoms with Crippen LogP contribution < -0.4 is 0 Å². The molecule has 4 nitrogen and oxygen atoms in total. The van der Waals surface area contributed by atoms with Crippen molar-refractivity contribution in [3.8, 4) is 6.07 Å². The van der Waals surface area contributed by atoms with Crippen molar-refractivity contribution < 1.29 is 14.3 Å². The minimum Gasteiger partial charge on any atom is -0.465 e. The van der Waals surface area contributed by atoms with E-state index in [-0.39, 0.29) is 6.61 Å². The van der Waals surface area contributed by atoms with Crippen molar-refractivity contribution in [2.75, 3.05) is 6.61 Å². The van der Waals surface area contributed by atoms with Crippen molar-refractivity contribution in [3.05, 3.63) is 35.9 Å². The molecule has 1 unspecified atom stereocenters. The van der Waals surface area contributed by atoms with Crippen LogP contribution in [-0.2, 0) is 9.53 Å². The van der Waals surface area contributed by atoms with Gasteiger partial charge in [0.1, 0.15) is 0 Å². The van der Waals surface area contributed by atoms with E-state index in [2.05, 4.69) is 4.74 Å². The van der Waals surface area contributed by atoms with Crippen LogP contribution in [-0.4, -0.2) is 18.4 Å². The van der Waals surface area contributed by atoms with E-state index in [0.29, 0.717) is 5.56 Å². The number of carbonyl (C=O) groups is 2. The van der Waals surface area contributed by atoms with E-state index in [9.17, 15) is 9.59 Å². The van der Waals surface area contributed by atoms with E-state index in [1.807, 2.05) is 0 Å². The van der Waals surface area contributed by atoms with Gasteiger partial charge < -0.3 is 4.74 Å². The molecule has 82 valence electrons. The molecule has 16 heavy (non-hydrogen) atoms. The number of esters is 1. The summed E-state index contributed by atoms with van der Waals surface area (Å²) in [6.07, 6.45) is 0. The number of hydrogen-bond acceptors (Lipinski definition) is 4. The Hall–Kier alpha value is -2.15. The molecule has 0 saturated carbocycles. The monoisotopic (exact) mass is 217 g/mol. The highest BCUT2D eigenvalue weighted by Crippen LogP contribution is 2.10. The van der Waals surface area contributed by atoms with E-state index in [4.69, 9.17) is 5.26 Å². The van der Waals surface area contributed by atoms with Gasteiger partial charge in [0.15, 0.2) is 5.78 Å². The van der Waals surface area contributed by atoms with Crippen LogP contribution in [0.5, 0.6) is 0 Å². The molecule has 1 aromatic rings. The number of benzene rings is 1. The van der Waals surface area contributed by atoms with Crippen molar-refractivity contribution in [1.82, 2.24) is 0 Å². The highest BCUT2D eigenvalue weighted by molar-refractivity contribution is 6.10. The fourth-order valence-electron chi connectivity index (χ4n) is 1.21. The van der Waals surface area contributed by atoms with Gasteiger partial charge in [-0.05, 0) is 6.92 Å². The van der Waals surface area contributed by atoms with Crippen LogP contribution in [0.1, 0.15) is 17.3 Å². The van der Waals surface area contributed by atoms with Crippen LogP contribution in [0.2, 0.25) is 0 Å². The number of nitriles is 1. The predicted molar refractivity (Wildman–Crippen MR) is 56.5 cm³/mol. The van der Waals surface area contributed by atoms with Gasteiger partial charge in [-0.2, -0.15) is 5.26 Å². The van der Waals surface area contributed by atoms with Gasteiger partial charge in [0.2, 0.25) is 5.92 Å². The molecule has 0 aliphatic carbocycles. The molecule has 0 fully saturated rings. The third kappa shape index (κ3) is 2.67. The summed E-state index contributed by atoms with van der Waals surface area (Å²) in [5, 5.41) is 8.78. The Kier molecular flexibility index (Phi) is 4.22. The van der Waals surface area contributed by atoms with Gasteiger partial charge in [0, 0.05) is 5.56 Å². The second-order valence-electron chi connectivity index (χ2n) is 3.04. The zero-order chi connectivity index (χ0) is 12.0. The second-order valence-corrected chi connectivity index (χ2v) is 3.04. The van der Waals surface area contributed by atoms with E-state index >= 15 is 0 Å². The van der Waals surface area contributed by atoms with Crippen LogP contribution in [0.25, 0.3) is 0 Å². The summed E-state index contributed by atoms with van der Waals surface area (Å²) >= 11 is 0. The van der Waals surface area contributed by atoms with Gasteiger partial charge in [-0.25, -0.2) is 0 Å². The largest absolute Gasteiger partial charge is 0.465 e. The third-order valence-electron chi connectivity index (χ3n) is 1.97. The Morgan fingerprint density at radius 3 is 2.50 bits per heavy atom. The van der Waals surface area contributed by atoms with Crippen LogP contribution >= 0.6 is 0 Å². The maximum Gasteiger partial charge on any atom is 0.331 e. The molecule has 1 rings (SSSR count). The Labute approximate surface area is 93.5 Å². The number of hydrogen-bond donors (Lipinski definition) is 0. The first-order valence-electron chi connectivity index (χ1n) is 4.86. The highest BCUT2D eigenvalue weighted by Gasteiger charge is 2.28. The van der Waals surface area contributed by atoms with Gasteiger partial charge >= 0.3 is 5.97 Å². The maximum absolute atomic E-state index is 11.8. The topological polar surface area (TPSA) is 67.2 Å². The minimum atomic E-state index is -1.37. The number of rotatable bonds is 4. The molecule has 0 bridgehead atoms. The third-order valence-corrected chi connectivity index (χ3v) is 1.97. The molecule has 0 aromatic heterocycles. The Morgan fingerprint density at radius 2 is 2.00 bits per heavy atom. The molecule has 0 spiro atoms. The minimum absolute atomic E-state index is 0.152. The van der Waals surface area contributed by atoms with Crippen LogP contribution in [0, 0.1) is 17.2 Å². The van der Waals surface area contributed by atoms with Gasteiger partial charge in [0.05, 0.1) is 12.7 Å². The zero-order valence-corrected chi connectivity index (χ0v) is 8.84. The highest BCUT2D eigenvalue weighted by atomic mass is 16.5. The smallest absolute Gasteiger partial charge is 0.331 e. The van der Waals surface area contributed by atoms with Gasteiger partial charge in [-0.3, -0.25) is 9.59 Å². The quantitative estimate of drug-likeness (QED) is 0.436. The van der Waals surface area contributed by atoms with E-state index in [0.717, 1.165) is 0 Å². The number of Topliss-reactive ketones (excluding diaryl/α,β-unsaturated/α-hetero) is 1. The predicted octanol–water partition coefficient (Wildman–Crippen LogP) is 1.57. The Balaban J connectivity index is 2.87. The van der Waals surface area contributed by atoms with Crippen molar-refractivity contribution in [1.29, 1.82) is 5.26 Å². The average molecular weight is 217 g/mol. The SMILES string of the molecule is CCOC(=O)C(C#N)C(=O)c1ccccc1. The lowest BCUT2D eigenvalue weighted by Crippen LogP contribution is -2.24. The molecule has 0 saturated heterocycles. The molecule has 0 heterocycles. The van der Waals surface area contributed by atoms with Gasteiger partial charge in [0.25, 0.3) is 0 Å². The van der Waals surface area contributed by atoms with Gasteiger partial charge in [-0.1, -0.05) is 30.3 Å². The summed E-state index contributed by atoms with van der Waals surface area (Å²) in [5.74, 6) is -2.69. The molecule has 0 aliphatic heterocycles. The van der Waals surface area contributed by atoms with E-state index in [1.165, 1.54) is 0 Å². The Bertz CT molecular complexity index is 420. The lowest BCUT2D eigenvalue weighted by molar-refractivity contribution is -0.144. The van der Waals surface area contributed by atoms with Crippen LogP contribution in [0.4, 0.5) is 0 Å². The molecular weight excluding hydrogens is 206 g/mol. The molecule has 0 aliphatic rings. The summed E-state index contributed by atoms with van der Waals surface area (Å²) in [4.78, 5) is 23.1. The van der Waals surface area contributed by atoms with E-state index in [1.54, 1.807) is 43.3 Å². The van der Waals surface area contributed by atoms with Crippen molar-refractivity contribution in [2.45, 2.75) is 6.92 Å². The second kappa shape index (κ2) is 5.66. The zero-order valence-electron chi connectivity index (χ0n) is 8.84. The molecular formula is C12H11NO3. The van der Waals surface area contributed by atoms with Crippen molar-refractivity contribution in [2.24, 2.45) is 5.92 Å². The molecule has 0 N–H and O–H groups in total. The summed E-state index contributed by atoms with van der Waals surface area (Å²) in [5.41, 5.74) is 0.335. The number of ketones is 1. The number of carbonyl (C=O) groups excluding carboxylic acids is 2. The fraction of sp³-hybridized carbons (Fsp3) is 0.250. The summed E-state index contributed by atoms with van der Waals surface area (Å²) in [7, 11) is 0. The Morgan fingerprint density at radius 1 is 1.38 bits per heavy atom. The van der Waals surface area contributed by atoms with Crippen molar-refractivity contribution in [3.63, 3.8) is 0 Å². The fourth-order valence-corrected chi connectivity index (χ4v) is 1.21. The molecule has 0 radical (unpaired) electrons. The molecule has 1 aromatic carbocycles.